The lowest BCUT2D eigenvalue weighted by atomic mass is 9.96. The molecule has 2 aromatic rings. The number of rotatable bonds is 5. The van der Waals surface area contributed by atoms with Crippen molar-refractivity contribution in [2.45, 2.75) is 32.4 Å². The van der Waals surface area contributed by atoms with Gasteiger partial charge in [-0.05, 0) is 31.0 Å². The molecule has 0 fully saturated rings. The van der Waals surface area contributed by atoms with Crippen LogP contribution < -0.4 is 10.2 Å². The second-order valence-corrected chi connectivity index (χ2v) is 5.58. The van der Waals surface area contributed by atoms with E-state index in [9.17, 15) is 0 Å². The summed E-state index contributed by atoms with van der Waals surface area (Å²) >= 11 is 0. The molecule has 3 rings (SSSR count). The molecule has 0 spiro atoms. The summed E-state index contributed by atoms with van der Waals surface area (Å²) < 4.78 is 1.85. The Morgan fingerprint density at radius 2 is 2.19 bits per heavy atom. The summed E-state index contributed by atoms with van der Waals surface area (Å²) in [7, 11) is 1.95. The van der Waals surface area contributed by atoms with Crippen molar-refractivity contribution in [1.29, 1.82) is 0 Å². The zero-order valence-electron chi connectivity index (χ0n) is 12.8. The third kappa shape index (κ3) is 2.93. The van der Waals surface area contributed by atoms with Gasteiger partial charge in [0, 0.05) is 25.3 Å². The van der Waals surface area contributed by atoms with Gasteiger partial charge in [0.25, 0.3) is 0 Å². The van der Waals surface area contributed by atoms with Gasteiger partial charge in [-0.2, -0.15) is 5.10 Å². The molecule has 1 atom stereocenters. The molecule has 1 aliphatic heterocycles. The van der Waals surface area contributed by atoms with E-state index in [1.165, 1.54) is 17.7 Å². The first-order valence-corrected chi connectivity index (χ1v) is 7.69. The van der Waals surface area contributed by atoms with Crippen LogP contribution in [0.1, 0.15) is 37.2 Å². The fourth-order valence-electron chi connectivity index (χ4n) is 2.96. The Morgan fingerprint density at radius 3 is 2.95 bits per heavy atom. The standard InChI is InChI=1S/C16H23N5/c1-3-9-17-14-8-10-21(11-16-18-12-19-20(16)2)15-7-5-4-6-13(14)15/h4-7,12,14,17H,3,8-11H2,1-2H3. The number of aromatic nitrogens is 3. The van der Waals surface area contributed by atoms with Crippen LogP contribution in [0.15, 0.2) is 30.6 Å². The SMILES string of the molecule is CCCNC1CCN(Cc2ncnn2C)c2ccccc21. The molecule has 0 radical (unpaired) electrons. The quantitative estimate of drug-likeness (QED) is 0.915. The zero-order chi connectivity index (χ0) is 14.7. The van der Waals surface area contributed by atoms with E-state index in [1.54, 1.807) is 6.33 Å². The number of nitrogens with zero attached hydrogens (tertiary/aromatic N) is 4. The van der Waals surface area contributed by atoms with E-state index in [-0.39, 0.29) is 0 Å². The van der Waals surface area contributed by atoms with Gasteiger partial charge in [-0.15, -0.1) is 0 Å². The summed E-state index contributed by atoms with van der Waals surface area (Å²) in [6.45, 7) is 5.14. The molecule has 0 amide bonds. The topological polar surface area (TPSA) is 46.0 Å². The van der Waals surface area contributed by atoms with E-state index in [0.29, 0.717) is 6.04 Å². The first-order valence-electron chi connectivity index (χ1n) is 7.69. The molecule has 5 heteroatoms. The normalized spacial score (nSPS) is 17.8. The molecule has 21 heavy (non-hydrogen) atoms. The largest absolute Gasteiger partial charge is 0.364 e. The maximum atomic E-state index is 4.35. The molecule has 1 aromatic carbocycles. The molecule has 0 aliphatic carbocycles. The smallest absolute Gasteiger partial charge is 0.146 e. The third-order valence-electron chi connectivity index (χ3n) is 4.12. The van der Waals surface area contributed by atoms with E-state index in [0.717, 1.165) is 31.9 Å². The second-order valence-electron chi connectivity index (χ2n) is 5.58. The molecular weight excluding hydrogens is 262 g/mol. The van der Waals surface area contributed by atoms with Crippen molar-refractivity contribution in [2.75, 3.05) is 18.0 Å². The number of para-hydroxylation sites is 1. The highest BCUT2D eigenvalue weighted by Crippen LogP contribution is 2.34. The predicted octanol–water partition coefficient (Wildman–Crippen LogP) is 2.27. The first kappa shape index (κ1) is 14.1. The summed E-state index contributed by atoms with van der Waals surface area (Å²) in [5.41, 5.74) is 2.72. The van der Waals surface area contributed by atoms with Gasteiger partial charge < -0.3 is 10.2 Å². The van der Waals surface area contributed by atoms with Crippen molar-refractivity contribution < 1.29 is 0 Å². The minimum Gasteiger partial charge on any atom is -0.364 e. The van der Waals surface area contributed by atoms with E-state index in [1.807, 2.05) is 11.7 Å². The summed E-state index contributed by atoms with van der Waals surface area (Å²) in [6, 6.07) is 9.17. The minimum absolute atomic E-state index is 0.469. The van der Waals surface area contributed by atoms with Gasteiger partial charge in [-0.25, -0.2) is 4.98 Å². The monoisotopic (exact) mass is 285 g/mol. The van der Waals surface area contributed by atoms with Gasteiger partial charge in [0.05, 0.1) is 6.54 Å². The highest BCUT2D eigenvalue weighted by molar-refractivity contribution is 5.57. The summed E-state index contributed by atoms with van der Waals surface area (Å²) in [4.78, 5) is 6.75. The number of hydrogen-bond acceptors (Lipinski definition) is 4. The highest BCUT2D eigenvalue weighted by Gasteiger charge is 2.24. The van der Waals surface area contributed by atoms with Crippen molar-refractivity contribution >= 4 is 5.69 Å². The molecule has 5 nitrogen and oxygen atoms in total. The third-order valence-corrected chi connectivity index (χ3v) is 4.12. The van der Waals surface area contributed by atoms with Crippen molar-refractivity contribution in [1.82, 2.24) is 20.1 Å². The van der Waals surface area contributed by atoms with Gasteiger partial charge in [0.15, 0.2) is 0 Å². The van der Waals surface area contributed by atoms with Crippen LogP contribution >= 0.6 is 0 Å². The summed E-state index contributed by atoms with van der Waals surface area (Å²) in [6.07, 6.45) is 3.92. The van der Waals surface area contributed by atoms with Gasteiger partial charge in [-0.3, -0.25) is 4.68 Å². The molecule has 0 saturated carbocycles. The van der Waals surface area contributed by atoms with Gasteiger partial charge in [0.2, 0.25) is 0 Å². The van der Waals surface area contributed by atoms with Gasteiger partial charge >= 0.3 is 0 Å². The Morgan fingerprint density at radius 1 is 1.33 bits per heavy atom. The van der Waals surface area contributed by atoms with E-state index in [2.05, 4.69) is 51.5 Å². The van der Waals surface area contributed by atoms with E-state index in [4.69, 9.17) is 0 Å². The summed E-state index contributed by atoms with van der Waals surface area (Å²) in [5, 5.41) is 7.82. The lowest BCUT2D eigenvalue weighted by molar-refractivity contribution is 0.473. The summed E-state index contributed by atoms with van der Waals surface area (Å²) in [5.74, 6) is 1.00. The van der Waals surface area contributed by atoms with Crippen molar-refractivity contribution in [3.05, 3.63) is 42.0 Å². The van der Waals surface area contributed by atoms with Crippen LogP contribution in [0.4, 0.5) is 5.69 Å². The maximum absolute atomic E-state index is 4.35. The molecule has 0 saturated heterocycles. The Kier molecular flexibility index (Phi) is 4.20. The predicted molar refractivity (Wildman–Crippen MR) is 84.1 cm³/mol. The Hall–Kier alpha value is -1.88. The molecule has 1 unspecified atom stereocenters. The average molecular weight is 285 g/mol. The number of anilines is 1. The van der Waals surface area contributed by atoms with Crippen molar-refractivity contribution in [3.63, 3.8) is 0 Å². The average Bonchev–Trinajstić information content (AvgIpc) is 2.92. The van der Waals surface area contributed by atoms with E-state index >= 15 is 0 Å². The fourth-order valence-corrected chi connectivity index (χ4v) is 2.96. The maximum Gasteiger partial charge on any atom is 0.146 e. The van der Waals surface area contributed by atoms with Crippen LogP contribution in [0.3, 0.4) is 0 Å². The number of hydrogen-bond donors (Lipinski definition) is 1. The number of aryl methyl sites for hydroxylation is 1. The van der Waals surface area contributed by atoms with Crippen molar-refractivity contribution in [2.24, 2.45) is 7.05 Å². The lowest BCUT2D eigenvalue weighted by Gasteiger charge is -2.36. The van der Waals surface area contributed by atoms with Crippen LogP contribution in [-0.2, 0) is 13.6 Å². The molecule has 112 valence electrons. The first-order chi connectivity index (χ1) is 10.3. The van der Waals surface area contributed by atoms with Crippen LogP contribution in [0.2, 0.25) is 0 Å². The lowest BCUT2D eigenvalue weighted by Crippen LogP contribution is -2.36. The minimum atomic E-state index is 0.469. The van der Waals surface area contributed by atoms with Crippen molar-refractivity contribution in [3.8, 4) is 0 Å². The number of benzene rings is 1. The van der Waals surface area contributed by atoms with Crippen LogP contribution in [0.5, 0.6) is 0 Å². The second kappa shape index (κ2) is 6.26. The van der Waals surface area contributed by atoms with Gasteiger partial charge in [0.1, 0.15) is 12.2 Å². The molecule has 1 aliphatic rings. The fraction of sp³-hybridized carbons (Fsp3) is 0.500. The van der Waals surface area contributed by atoms with E-state index < -0.39 is 0 Å². The van der Waals surface area contributed by atoms with Crippen LogP contribution in [0, 0.1) is 0 Å². The Balaban J connectivity index is 1.82. The Labute approximate surface area is 126 Å². The van der Waals surface area contributed by atoms with Crippen LogP contribution in [0.25, 0.3) is 0 Å². The van der Waals surface area contributed by atoms with Gasteiger partial charge in [-0.1, -0.05) is 25.1 Å². The number of nitrogens with one attached hydrogen (secondary N) is 1. The molecule has 0 bridgehead atoms. The number of fused-ring (bicyclic) bond motifs is 1. The molecule has 1 N–H and O–H groups in total. The van der Waals surface area contributed by atoms with Crippen LogP contribution in [-0.4, -0.2) is 27.9 Å². The molecular formula is C16H23N5. The zero-order valence-corrected chi connectivity index (χ0v) is 12.8. The Bertz CT molecular complexity index is 592. The molecule has 1 aromatic heterocycles. The molecule has 2 heterocycles. The highest BCUT2D eigenvalue weighted by atomic mass is 15.3.